The van der Waals surface area contributed by atoms with Crippen LogP contribution >= 0.6 is 23.2 Å². The van der Waals surface area contributed by atoms with Crippen LogP contribution in [0.3, 0.4) is 0 Å². The second kappa shape index (κ2) is 14.6. The highest BCUT2D eigenvalue weighted by Gasteiger charge is 2.32. The minimum atomic E-state index is -0.424. The Morgan fingerprint density at radius 2 is 1.85 bits per heavy atom. The van der Waals surface area contributed by atoms with Crippen LogP contribution in [0.4, 0.5) is 5.95 Å². The van der Waals surface area contributed by atoms with Crippen molar-refractivity contribution in [2.24, 2.45) is 0 Å². The Bertz CT molecular complexity index is 1810. The minimum Gasteiger partial charge on any atom is -0.495 e. The number of piperazine rings is 1. The van der Waals surface area contributed by atoms with E-state index in [1.165, 1.54) is 20.3 Å². The number of carbonyl (C=O) groups is 2. The van der Waals surface area contributed by atoms with Gasteiger partial charge in [-0.3, -0.25) is 23.9 Å². The maximum atomic E-state index is 14.5. The van der Waals surface area contributed by atoms with Crippen molar-refractivity contribution in [2.45, 2.75) is 31.6 Å². The van der Waals surface area contributed by atoms with Crippen LogP contribution in [-0.2, 0) is 20.9 Å². The van der Waals surface area contributed by atoms with Crippen molar-refractivity contribution < 1.29 is 23.8 Å². The Hall–Kier alpha value is -4.35. The average molecular weight is 685 g/mol. The lowest BCUT2D eigenvalue weighted by Gasteiger charge is -2.39. The van der Waals surface area contributed by atoms with Crippen LogP contribution in [0, 0.1) is 11.8 Å². The molecule has 47 heavy (non-hydrogen) atoms. The predicted molar refractivity (Wildman–Crippen MR) is 179 cm³/mol. The van der Waals surface area contributed by atoms with Gasteiger partial charge in [-0.05, 0) is 32.0 Å². The van der Waals surface area contributed by atoms with Crippen molar-refractivity contribution in [3.8, 4) is 34.5 Å². The molecule has 2 fully saturated rings. The molecule has 0 spiro atoms. The van der Waals surface area contributed by atoms with Gasteiger partial charge in [0.25, 0.3) is 11.5 Å². The number of pyridine rings is 1. The summed E-state index contributed by atoms with van der Waals surface area (Å²) in [5.74, 6) is 5.46. The van der Waals surface area contributed by atoms with E-state index in [0.29, 0.717) is 43.9 Å². The number of fused-ring (bicyclic) bond motifs is 1. The molecule has 4 heterocycles. The standard InChI is InChI=1S/C32H35Cl2N7O6/c1-6-8-26(43)40-10-9-39(3)19(14-40)15-41-30-18(13-35-32(38-30)37-22-17-47-16-21(22)36-25(42)7-2)11-20(31(41)44)27-28(33)23(45-4)12-24(46-5)29(27)34/h7,11-13,19,21-22H,2,9-10,14-17H2,1,3-5H3,(H,36,42)(H,35,37,38). The van der Waals surface area contributed by atoms with Gasteiger partial charge < -0.3 is 29.7 Å². The summed E-state index contributed by atoms with van der Waals surface area (Å²) in [4.78, 5) is 52.2. The quantitative estimate of drug-likeness (QED) is 0.255. The van der Waals surface area contributed by atoms with Crippen LogP contribution in [0.1, 0.15) is 6.92 Å². The third kappa shape index (κ3) is 7.01. The Balaban J connectivity index is 1.64. The van der Waals surface area contributed by atoms with Crippen molar-refractivity contribution in [2.75, 3.05) is 59.4 Å². The molecule has 3 atom stereocenters. The van der Waals surface area contributed by atoms with Gasteiger partial charge in [0.2, 0.25) is 11.9 Å². The van der Waals surface area contributed by atoms with Crippen LogP contribution in [0.5, 0.6) is 11.5 Å². The van der Waals surface area contributed by atoms with E-state index in [9.17, 15) is 14.4 Å². The second-order valence-electron chi connectivity index (χ2n) is 11.1. The zero-order chi connectivity index (χ0) is 33.8. The lowest BCUT2D eigenvalue weighted by Crippen LogP contribution is -2.55. The molecule has 2 amide bonds. The number of likely N-dealkylation sites (N-methyl/N-ethyl adjacent to an activating group) is 1. The number of rotatable bonds is 9. The van der Waals surface area contributed by atoms with Crippen molar-refractivity contribution in [3.63, 3.8) is 0 Å². The smallest absolute Gasteiger partial charge is 0.298 e. The van der Waals surface area contributed by atoms with Gasteiger partial charge in [-0.1, -0.05) is 35.7 Å². The lowest BCUT2D eigenvalue weighted by atomic mass is 10.0. The molecule has 3 unspecified atom stereocenters. The van der Waals surface area contributed by atoms with E-state index in [2.05, 4.69) is 38.9 Å². The number of methoxy groups -OCH3 is 2. The van der Waals surface area contributed by atoms with Crippen LogP contribution in [0.15, 0.2) is 35.8 Å². The Kier molecular flexibility index (Phi) is 10.6. The number of ether oxygens (including phenoxy) is 3. The van der Waals surface area contributed by atoms with E-state index in [4.69, 9.17) is 42.4 Å². The first-order chi connectivity index (χ1) is 22.6. The highest BCUT2D eigenvalue weighted by molar-refractivity contribution is 6.41. The number of benzene rings is 1. The normalized spacial score (nSPS) is 19.5. The fourth-order valence-electron chi connectivity index (χ4n) is 5.67. The number of nitrogens with zero attached hydrogens (tertiary/aromatic N) is 5. The summed E-state index contributed by atoms with van der Waals surface area (Å²) in [6, 6.07) is 2.24. The summed E-state index contributed by atoms with van der Waals surface area (Å²) in [5, 5.41) is 6.89. The zero-order valence-electron chi connectivity index (χ0n) is 26.4. The highest BCUT2D eigenvalue weighted by atomic mass is 35.5. The van der Waals surface area contributed by atoms with Crippen molar-refractivity contribution >= 4 is 52.0 Å². The fourth-order valence-corrected chi connectivity index (χ4v) is 6.37. The largest absolute Gasteiger partial charge is 0.495 e. The molecule has 5 rings (SSSR count). The number of anilines is 1. The number of hydrogen-bond acceptors (Lipinski definition) is 10. The van der Waals surface area contributed by atoms with Crippen LogP contribution in [0.2, 0.25) is 10.0 Å². The Labute approximate surface area is 281 Å². The number of hydrogen-bond donors (Lipinski definition) is 2. The summed E-state index contributed by atoms with van der Waals surface area (Å²) in [7, 11) is 4.85. The first-order valence-electron chi connectivity index (χ1n) is 14.8. The van der Waals surface area contributed by atoms with Crippen LogP contribution in [-0.4, -0.2) is 108 Å². The van der Waals surface area contributed by atoms with Gasteiger partial charge in [0.05, 0.1) is 55.1 Å². The molecule has 0 radical (unpaired) electrons. The van der Waals surface area contributed by atoms with Crippen LogP contribution in [0.25, 0.3) is 22.2 Å². The summed E-state index contributed by atoms with van der Waals surface area (Å²) in [5.41, 5.74) is 0.345. The molecule has 0 bridgehead atoms. The lowest BCUT2D eigenvalue weighted by molar-refractivity contribution is -0.127. The molecule has 13 nitrogen and oxygen atoms in total. The SMILES string of the molecule is C=CC(=O)NC1COCC1Nc1ncc2cc(-c3c(Cl)c(OC)cc(OC)c3Cl)c(=O)n(CC3CN(C(=O)C#CC)CCN3C)c2n1. The number of nitrogens with one attached hydrogen (secondary N) is 2. The van der Waals surface area contributed by atoms with Gasteiger partial charge in [-0.15, -0.1) is 0 Å². The third-order valence-corrected chi connectivity index (χ3v) is 9.02. The number of aromatic nitrogens is 3. The molecule has 2 aromatic heterocycles. The summed E-state index contributed by atoms with van der Waals surface area (Å²) < 4.78 is 18.0. The molecule has 1 aromatic carbocycles. The third-order valence-electron chi connectivity index (χ3n) is 8.27. The molecular weight excluding hydrogens is 649 g/mol. The van der Waals surface area contributed by atoms with Gasteiger partial charge in [0.15, 0.2) is 0 Å². The summed E-state index contributed by atoms with van der Waals surface area (Å²) >= 11 is 13.5. The summed E-state index contributed by atoms with van der Waals surface area (Å²) in [6.45, 7) is 7.33. The Morgan fingerprint density at radius 3 is 2.51 bits per heavy atom. The van der Waals surface area contributed by atoms with Gasteiger partial charge in [-0.2, -0.15) is 4.98 Å². The van der Waals surface area contributed by atoms with Gasteiger partial charge >= 0.3 is 0 Å². The van der Waals surface area contributed by atoms with E-state index in [1.807, 2.05) is 7.05 Å². The van der Waals surface area contributed by atoms with Gasteiger partial charge in [0, 0.05) is 55.4 Å². The molecule has 0 saturated carbocycles. The van der Waals surface area contributed by atoms with Crippen molar-refractivity contribution in [1.82, 2.24) is 29.7 Å². The number of amides is 2. The van der Waals surface area contributed by atoms with Crippen LogP contribution < -0.4 is 25.7 Å². The van der Waals surface area contributed by atoms with E-state index in [1.54, 1.807) is 34.7 Å². The monoisotopic (exact) mass is 683 g/mol. The molecule has 2 N–H and O–H groups in total. The minimum absolute atomic E-state index is 0.138. The molecular formula is C32H35Cl2N7O6. The summed E-state index contributed by atoms with van der Waals surface area (Å²) in [6.07, 6.45) is 2.79. The van der Waals surface area contributed by atoms with Gasteiger partial charge in [0.1, 0.15) is 17.1 Å². The van der Waals surface area contributed by atoms with Crippen molar-refractivity contribution in [1.29, 1.82) is 0 Å². The topological polar surface area (TPSA) is 140 Å². The molecule has 0 aliphatic carbocycles. The highest BCUT2D eigenvalue weighted by Crippen LogP contribution is 2.45. The van der Waals surface area contributed by atoms with E-state index < -0.39 is 5.56 Å². The second-order valence-corrected chi connectivity index (χ2v) is 11.9. The molecule has 2 saturated heterocycles. The zero-order valence-corrected chi connectivity index (χ0v) is 27.9. The first kappa shape index (κ1) is 34.0. The molecule has 2 aliphatic rings. The molecule has 3 aromatic rings. The van der Waals surface area contributed by atoms with E-state index in [0.717, 1.165) is 0 Å². The van der Waals surface area contributed by atoms with Crippen molar-refractivity contribution in [3.05, 3.63) is 51.4 Å². The molecule has 248 valence electrons. The number of halogens is 2. The van der Waals surface area contributed by atoms with E-state index in [-0.39, 0.29) is 75.1 Å². The maximum Gasteiger partial charge on any atom is 0.298 e. The first-order valence-corrected chi connectivity index (χ1v) is 15.6. The average Bonchev–Trinajstić information content (AvgIpc) is 3.49. The molecule has 2 aliphatic heterocycles. The fraction of sp³-hybridized carbons (Fsp3) is 0.406. The number of carbonyl (C=O) groups excluding carboxylic acids is 2. The van der Waals surface area contributed by atoms with E-state index >= 15 is 0 Å². The Morgan fingerprint density at radius 1 is 1.15 bits per heavy atom. The maximum absolute atomic E-state index is 14.5. The van der Waals surface area contributed by atoms with Gasteiger partial charge in [-0.25, -0.2) is 4.98 Å². The molecule has 15 heteroatoms. The predicted octanol–water partition coefficient (Wildman–Crippen LogP) is 2.43.